The summed E-state index contributed by atoms with van der Waals surface area (Å²) in [5.74, 6) is 0.493. The summed E-state index contributed by atoms with van der Waals surface area (Å²) in [6.07, 6.45) is 2.24. The molecule has 0 bridgehead atoms. The first kappa shape index (κ1) is 15.0. The zero-order chi connectivity index (χ0) is 15.7. The molecule has 118 valence electrons. The monoisotopic (exact) mass is 302 g/mol. The molecule has 0 spiro atoms. The lowest BCUT2D eigenvalue weighted by molar-refractivity contribution is -0.143. The number of aromatic nitrogens is 1. The molecule has 1 saturated heterocycles. The third-order valence-electron chi connectivity index (χ3n) is 4.07. The molecule has 0 aliphatic carbocycles. The Hall–Kier alpha value is -1.88. The van der Waals surface area contributed by atoms with E-state index < -0.39 is 5.41 Å². The number of hydrogen-bond acceptors (Lipinski definition) is 5. The van der Waals surface area contributed by atoms with Crippen LogP contribution in [0.4, 0.5) is 0 Å². The highest BCUT2D eigenvalue weighted by Crippen LogP contribution is 2.32. The predicted octanol–water partition coefficient (Wildman–Crippen LogP) is 3.25. The van der Waals surface area contributed by atoms with Gasteiger partial charge in [0.25, 0.3) is 5.88 Å². The molecule has 2 aromatic rings. The van der Waals surface area contributed by atoms with Crippen LogP contribution in [-0.4, -0.2) is 24.2 Å². The lowest BCUT2D eigenvalue weighted by Crippen LogP contribution is -2.26. The highest BCUT2D eigenvalue weighted by molar-refractivity contribution is 5.87. The van der Waals surface area contributed by atoms with Crippen LogP contribution in [-0.2, 0) is 4.79 Å². The number of nitrogens with zero attached hydrogens (tertiary/aromatic N) is 1. The number of nitrogens with one attached hydrogen (secondary N) is 1. The Morgan fingerprint density at radius 1 is 1.32 bits per heavy atom. The lowest BCUT2D eigenvalue weighted by Gasteiger charge is -2.22. The topological polar surface area (TPSA) is 64.4 Å². The van der Waals surface area contributed by atoms with Crippen molar-refractivity contribution in [2.24, 2.45) is 5.41 Å². The predicted molar refractivity (Wildman–Crippen MR) is 83.9 cm³/mol. The number of fused-ring (bicyclic) bond motifs is 1. The van der Waals surface area contributed by atoms with Gasteiger partial charge in [-0.25, -0.2) is 0 Å². The number of hydrogen-bond donors (Lipinski definition) is 1. The molecule has 3 rings (SSSR count). The summed E-state index contributed by atoms with van der Waals surface area (Å²) < 4.78 is 10.7. The van der Waals surface area contributed by atoms with Gasteiger partial charge in [0.15, 0.2) is 5.58 Å². The second kappa shape index (κ2) is 5.72. The zero-order valence-electron chi connectivity index (χ0n) is 13.3. The van der Waals surface area contributed by atoms with E-state index in [1.807, 2.05) is 32.9 Å². The van der Waals surface area contributed by atoms with Crippen molar-refractivity contribution < 1.29 is 14.1 Å². The average Bonchev–Trinajstić information content (AvgIpc) is 2.89. The van der Waals surface area contributed by atoms with Gasteiger partial charge in [-0.1, -0.05) is 6.07 Å². The van der Waals surface area contributed by atoms with E-state index in [1.165, 1.54) is 5.56 Å². The smallest absolute Gasteiger partial charge is 0.318 e. The Morgan fingerprint density at radius 3 is 2.73 bits per heavy atom. The van der Waals surface area contributed by atoms with Crippen molar-refractivity contribution in [1.82, 2.24) is 10.5 Å². The minimum atomic E-state index is -0.572. The molecule has 1 aliphatic heterocycles. The van der Waals surface area contributed by atoms with E-state index in [2.05, 4.69) is 16.5 Å². The van der Waals surface area contributed by atoms with Crippen LogP contribution < -0.4 is 10.1 Å². The average molecular weight is 302 g/mol. The van der Waals surface area contributed by atoms with E-state index in [9.17, 15) is 4.79 Å². The molecule has 1 aromatic carbocycles. The van der Waals surface area contributed by atoms with Crippen molar-refractivity contribution in [3.63, 3.8) is 0 Å². The number of piperidine rings is 1. The molecule has 1 fully saturated rings. The molecule has 1 aromatic heterocycles. The first-order chi connectivity index (χ1) is 10.4. The third kappa shape index (κ3) is 2.99. The maximum Gasteiger partial charge on any atom is 0.318 e. The van der Waals surface area contributed by atoms with Gasteiger partial charge >= 0.3 is 5.97 Å². The first-order valence-electron chi connectivity index (χ1n) is 7.77. The van der Waals surface area contributed by atoms with Crippen molar-refractivity contribution in [2.75, 3.05) is 13.1 Å². The summed E-state index contributed by atoms with van der Waals surface area (Å²) in [7, 11) is 0. The Kier molecular flexibility index (Phi) is 3.91. The summed E-state index contributed by atoms with van der Waals surface area (Å²) >= 11 is 0. The summed E-state index contributed by atoms with van der Waals surface area (Å²) in [6.45, 7) is 7.53. The van der Waals surface area contributed by atoms with Crippen LogP contribution in [0.1, 0.15) is 45.1 Å². The molecule has 0 unspecified atom stereocenters. The molecule has 5 nitrogen and oxygen atoms in total. The Balaban J connectivity index is 1.90. The van der Waals surface area contributed by atoms with Crippen molar-refractivity contribution in [1.29, 1.82) is 0 Å². The van der Waals surface area contributed by atoms with Crippen LogP contribution in [0.5, 0.6) is 5.88 Å². The van der Waals surface area contributed by atoms with Crippen molar-refractivity contribution in [3.05, 3.63) is 23.8 Å². The van der Waals surface area contributed by atoms with Crippen molar-refractivity contribution >= 4 is 16.9 Å². The highest BCUT2D eigenvalue weighted by Gasteiger charge is 2.26. The quantitative estimate of drug-likeness (QED) is 0.863. The van der Waals surface area contributed by atoms with Gasteiger partial charge < -0.3 is 14.6 Å². The van der Waals surface area contributed by atoms with Crippen LogP contribution in [0, 0.1) is 5.41 Å². The lowest BCUT2D eigenvalue weighted by atomic mass is 9.90. The van der Waals surface area contributed by atoms with E-state index in [-0.39, 0.29) is 11.8 Å². The number of ether oxygens (including phenoxy) is 1. The maximum absolute atomic E-state index is 12.1. The molecule has 1 N–H and O–H groups in total. The van der Waals surface area contributed by atoms with Crippen molar-refractivity contribution in [2.45, 2.75) is 39.5 Å². The fourth-order valence-electron chi connectivity index (χ4n) is 2.66. The second-order valence-electron chi connectivity index (χ2n) is 6.91. The molecule has 2 heterocycles. The fourth-order valence-corrected chi connectivity index (χ4v) is 2.66. The Bertz CT molecular complexity index is 679. The SMILES string of the molecule is CC(C)(C)C(=O)Oc1noc2ccc(C3CCNCC3)cc12. The first-order valence-corrected chi connectivity index (χ1v) is 7.77. The molecule has 0 saturated carbocycles. The van der Waals surface area contributed by atoms with Gasteiger partial charge in [0.05, 0.1) is 10.8 Å². The molecule has 5 heteroatoms. The van der Waals surface area contributed by atoms with Crippen molar-refractivity contribution in [3.8, 4) is 5.88 Å². The Labute approximate surface area is 130 Å². The summed E-state index contributed by atoms with van der Waals surface area (Å²) in [4.78, 5) is 12.1. The van der Waals surface area contributed by atoms with Gasteiger partial charge in [0.2, 0.25) is 0 Å². The number of benzene rings is 1. The number of carbonyl (C=O) groups excluding carboxylic acids is 1. The van der Waals surface area contributed by atoms with E-state index in [0.717, 1.165) is 31.3 Å². The minimum absolute atomic E-state index is 0.269. The van der Waals surface area contributed by atoms with Gasteiger partial charge in [0.1, 0.15) is 0 Å². The second-order valence-corrected chi connectivity index (χ2v) is 6.91. The minimum Gasteiger partial charge on any atom is -0.403 e. The standard InChI is InChI=1S/C17H22N2O3/c1-17(2,3)16(20)21-15-13-10-12(4-5-14(13)22-19-15)11-6-8-18-9-7-11/h4-5,10-11,18H,6-9H2,1-3H3. The molecular weight excluding hydrogens is 280 g/mol. The molecule has 0 amide bonds. The van der Waals surface area contributed by atoms with Crippen LogP contribution in [0.3, 0.4) is 0 Å². The van der Waals surface area contributed by atoms with Crippen LogP contribution in [0.2, 0.25) is 0 Å². The summed E-state index contributed by atoms with van der Waals surface area (Å²) in [6, 6.07) is 6.04. The molecule has 22 heavy (non-hydrogen) atoms. The van der Waals surface area contributed by atoms with Crippen LogP contribution in [0.15, 0.2) is 22.7 Å². The number of esters is 1. The number of carbonyl (C=O) groups is 1. The fraction of sp³-hybridized carbons (Fsp3) is 0.529. The van der Waals surface area contributed by atoms with E-state index in [4.69, 9.17) is 9.26 Å². The van der Waals surface area contributed by atoms with Crippen LogP contribution >= 0.6 is 0 Å². The highest BCUT2D eigenvalue weighted by atomic mass is 16.6. The van der Waals surface area contributed by atoms with Gasteiger partial charge in [0, 0.05) is 0 Å². The van der Waals surface area contributed by atoms with Gasteiger partial charge in [-0.15, -0.1) is 0 Å². The molecule has 1 aliphatic rings. The van der Waals surface area contributed by atoms with Crippen LogP contribution in [0.25, 0.3) is 11.0 Å². The van der Waals surface area contributed by atoms with Gasteiger partial charge in [-0.2, -0.15) is 0 Å². The maximum atomic E-state index is 12.1. The molecular formula is C17H22N2O3. The number of rotatable bonds is 2. The van der Waals surface area contributed by atoms with E-state index >= 15 is 0 Å². The molecule has 0 atom stereocenters. The Morgan fingerprint density at radius 2 is 2.05 bits per heavy atom. The normalized spacial score (nSPS) is 16.9. The summed E-state index contributed by atoms with van der Waals surface area (Å²) in [5, 5.41) is 8.05. The zero-order valence-corrected chi connectivity index (χ0v) is 13.3. The molecule has 0 radical (unpaired) electrons. The largest absolute Gasteiger partial charge is 0.403 e. The summed E-state index contributed by atoms with van der Waals surface area (Å²) in [5.41, 5.74) is 1.33. The third-order valence-corrected chi connectivity index (χ3v) is 4.07. The van der Waals surface area contributed by atoms with E-state index in [1.54, 1.807) is 0 Å². The van der Waals surface area contributed by atoms with Gasteiger partial charge in [-0.05, 0) is 75.5 Å². The van der Waals surface area contributed by atoms with Gasteiger partial charge in [-0.3, -0.25) is 4.79 Å². The van der Waals surface area contributed by atoms with E-state index in [0.29, 0.717) is 11.5 Å².